The normalized spacial score (nSPS) is 15.9. The van der Waals surface area contributed by atoms with Crippen molar-refractivity contribution < 1.29 is 9.21 Å². The van der Waals surface area contributed by atoms with Gasteiger partial charge in [0.25, 0.3) is 0 Å². The van der Waals surface area contributed by atoms with E-state index in [0.29, 0.717) is 13.1 Å². The maximum Gasteiger partial charge on any atom is 0.317 e. The molecule has 1 fully saturated rings. The molecule has 3 aromatic rings. The number of benzene rings is 1. The van der Waals surface area contributed by atoms with Crippen LogP contribution in [0.15, 0.2) is 47.1 Å². The number of likely N-dealkylation sites (tertiary alicyclic amines) is 1. The maximum atomic E-state index is 12.6. The molecular weight excluding hydrogens is 360 g/mol. The highest BCUT2D eigenvalue weighted by Crippen LogP contribution is 2.25. The molecule has 0 saturated carbocycles. The van der Waals surface area contributed by atoms with Crippen molar-refractivity contribution >= 4 is 27.6 Å². The number of nitrogens with zero attached hydrogens (tertiary/aromatic N) is 3. The number of carbonyl (C=O) groups is 1. The predicted octanol–water partition coefficient (Wildman–Crippen LogP) is 3.87. The number of fused-ring (bicyclic) bond motifs is 1. The monoisotopic (exact) mass is 384 g/mol. The Labute approximate surface area is 162 Å². The highest BCUT2D eigenvalue weighted by atomic mass is 32.1. The number of hydrogen-bond acceptors (Lipinski definition) is 5. The van der Waals surface area contributed by atoms with Gasteiger partial charge in [-0.05, 0) is 50.2 Å². The number of urea groups is 1. The van der Waals surface area contributed by atoms with E-state index in [9.17, 15) is 4.79 Å². The molecule has 0 aliphatic carbocycles. The number of carbonyl (C=O) groups excluding carboxylic acids is 1. The van der Waals surface area contributed by atoms with Gasteiger partial charge >= 0.3 is 6.03 Å². The lowest BCUT2D eigenvalue weighted by atomic mass is 10.2. The molecule has 0 radical (unpaired) electrons. The molecule has 1 aromatic carbocycles. The minimum atomic E-state index is -0.0926. The van der Waals surface area contributed by atoms with Gasteiger partial charge < -0.3 is 14.6 Å². The Morgan fingerprint density at radius 2 is 2.11 bits per heavy atom. The second-order valence-corrected chi connectivity index (χ2v) is 8.01. The molecule has 2 amide bonds. The Kier molecular flexibility index (Phi) is 5.40. The van der Waals surface area contributed by atoms with E-state index in [2.05, 4.69) is 21.3 Å². The Morgan fingerprint density at radius 1 is 1.30 bits per heavy atom. The average molecular weight is 385 g/mol. The molecule has 1 N–H and O–H groups in total. The van der Waals surface area contributed by atoms with E-state index in [-0.39, 0.29) is 12.1 Å². The topological polar surface area (TPSA) is 61.6 Å². The predicted molar refractivity (Wildman–Crippen MR) is 107 cm³/mol. The van der Waals surface area contributed by atoms with Crippen LogP contribution >= 0.6 is 11.3 Å². The third-order valence-corrected chi connectivity index (χ3v) is 5.98. The number of rotatable bonds is 6. The van der Waals surface area contributed by atoms with Crippen molar-refractivity contribution in [1.29, 1.82) is 0 Å². The standard InChI is InChI=1S/C20H24N4O2S/c1-23(14-19-22-15-7-2-3-9-18(15)27-19)20(25)21-13-16(17-8-6-12-26-17)24-10-4-5-11-24/h2-3,6-9,12,16H,4-5,10-11,13-14H2,1H3,(H,21,25)/t16-/m1/s1. The summed E-state index contributed by atoms with van der Waals surface area (Å²) >= 11 is 1.63. The summed E-state index contributed by atoms with van der Waals surface area (Å²) in [4.78, 5) is 21.3. The number of hydrogen-bond donors (Lipinski definition) is 1. The van der Waals surface area contributed by atoms with E-state index in [4.69, 9.17) is 4.42 Å². The van der Waals surface area contributed by atoms with Gasteiger partial charge in [0.15, 0.2) is 0 Å². The second kappa shape index (κ2) is 8.10. The largest absolute Gasteiger partial charge is 0.468 e. The summed E-state index contributed by atoms with van der Waals surface area (Å²) in [7, 11) is 1.80. The third-order valence-electron chi connectivity index (χ3n) is 4.96. The van der Waals surface area contributed by atoms with E-state index in [0.717, 1.165) is 34.1 Å². The van der Waals surface area contributed by atoms with Crippen LogP contribution in [0.25, 0.3) is 10.2 Å². The molecule has 4 rings (SSSR count). The Morgan fingerprint density at radius 3 is 2.85 bits per heavy atom. The second-order valence-electron chi connectivity index (χ2n) is 6.89. The van der Waals surface area contributed by atoms with Gasteiger partial charge in [0.1, 0.15) is 10.8 Å². The van der Waals surface area contributed by atoms with Crippen molar-refractivity contribution in [3.8, 4) is 0 Å². The first-order chi connectivity index (χ1) is 13.2. The van der Waals surface area contributed by atoms with Gasteiger partial charge in [-0.2, -0.15) is 0 Å². The van der Waals surface area contributed by atoms with E-state index >= 15 is 0 Å². The summed E-state index contributed by atoms with van der Waals surface area (Å²) in [6.45, 7) is 3.13. The number of thiazole rings is 1. The van der Waals surface area contributed by atoms with Crippen LogP contribution in [0.3, 0.4) is 0 Å². The number of para-hydroxylation sites is 1. The van der Waals surface area contributed by atoms with Crippen molar-refractivity contribution in [2.24, 2.45) is 0 Å². The van der Waals surface area contributed by atoms with Gasteiger partial charge in [-0.15, -0.1) is 11.3 Å². The van der Waals surface area contributed by atoms with Gasteiger partial charge in [-0.3, -0.25) is 4.90 Å². The summed E-state index contributed by atoms with van der Waals surface area (Å²) in [6, 6.07) is 11.9. The quantitative estimate of drug-likeness (QED) is 0.701. The van der Waals surface area contributed by atoms with Crippen molar-refractivity contribution in [2.45, 2.75) is 25.4 Å². The van der Waals surface area contributed by atoms with E-state index in [1.807, 2.05) is 30.3 Å². The average Bonchev–Trinajstić information content (AvgIpc) is 3.43. The van der Waals surface area contributed by atoms with E-state index in [1.54, 1.807) is 29.5 Å². The van der Waals surface area contributed by atoms with Gasteiger partial charge in [0, 0.05) is 13.6 Å². The minimum absolute atomic E-state index is 0.0855. The number of furan rings is 1. The molecule has 142 valence electrons. The molecular formula is C20H24N4O2S. The molecule has 1 aliphatic rings. The maximum absolute atomic E-state index is 12.6. The van der Waals surface area contributed by atoms with Gasteiger partial charge in [-0.1, -0.05) is 12.1 Å². The molecule has 1 aliphatic heterocycles. The van der Waals surface area contributed by atoms with Crippen molar-refractivity contribution in [3.63, 3.8) is 0 Å². The van der Waals surface area contributed by atoms with Gasteiger partial charge in [0.05, 0.1) is 29.1 Å². The molecule has 1 saturated heterocycles. The van der Waals surface area contributed by atoms with Crippen molar-refractivity contribution in [1.82, 2.24) is 20.1 Å². The Hall–Kier alpha value is -2.38. The van der Waals surface area contributed by atoms with E-state index in [1.165, 1.54) is 12.8 Å². The van der Waals surface area contributed by atoms with E-state index < -0.39 is 0 Å². The number of nitrogens with one attached hydrogen (secondary N) is 1. The molecule has 0 bridgehead atoms. The summed E-state index contributed by atoms with van der Waals surface area (Å²) in [5.74, 6) is 0.908. The molecule has 2 aromatic heterocycles. The number of aromatic nitrogens is 1. The Bertz CT molecular complexity index is 853. The zero-order valence-corrected chi connectivity index (χ0v) is 16.2. The molecule has 3 heterocycles. The number of amides is 2. The van der Waals surface area contributed by atoms with Crippen LogP contribution < -0.4 is 5.32 Å². The fourth-order valence-electron chi connectivity index (χ4n) is 3.52. The fourth-order valence-corrected chi connectivity index (χ4v) is 4.55. The molecule has 1 atom stereocenters. The first-order valence-electron chi connectivity index (χ1n) is 9.31. The molecule has 0 spiro atoms. The lowest BCUT2D eigenvalue weighted by Crippen LogP contribution is -2.42. The van der Waals surface area contributed by atoms with Crippen LogP contribution in [0.1, 0.15) is 29.7 Å². The lowest BCUT2D eigenvalue weighted by Gasteiger charge is -2.27. The summed E-state index contributed by atoms with van der Waals surface area (Å²) in [5, 5.41) is 4.00. The SMILES string of the molecule is CN(Cc1nc2ccccc2s1)C(=O)NC[C@H](c1ccco1)N1CCCC1. The third kappa shape index (κ3) is 4.14. The van der Waals surface area contributed by atoms with Crippen molar-refractivity contribution in [2.75, 3.05) is 26.7 Å². The van der Waals surface area contributed by atoms with Crippen LogP contribution in [0.5, 0.6) is 0 Å². The fraction of sp³-hybridized carbons (Fsp3) is 0.400. The summed E-state index contributed by atoms with van der Waals surface area (Å²) < 4.78 is 6.76. The smallest absolute Gasteiger partial charge is 0.317 e. The van der Waals surface area contributed by atoms with Crippen LogP contribution in [0.2, 0.25) is 0 Å². The zero-order chi connectivity index (χ0) is 18.6. The van der Waals surface area contributed by atoms with Gasteiger partial charge in [0.2, 0.25) is 0 Å². The summed E-state index contributed by atoms with van der Waals surface area (Å²) in [6.07, 6.45) is 4.09. The van der Waals surface area contributed by atoms with Gasteiger partial charge in [-0.25, -0.2) is 9.78 Å². The molecule has 27 heavy (non-hydrogen) atoms. The first kappa shape index (κ1) is 18.0. The molecule has 0 unspecified atom stereocenters. The molecule has 6 nitrogen and oxygen atoms in total. The van der Waals surface area contributed by atoms with Crippen LogP contribution in [0.4, 0.5) is 4.79 Å². The minimum Gasteiger partial charge on any atom is -0.468 e. The lowest BCUT2D eigenvalue weighted by molar-refractivity contribution is 0.187. The van der Waals surface area contributed by atoms with Crippen LogP contribution in [-0.4, -0.2) is 47.5 Å². The highest BCUT2D eigenvalue weighted by Gasteiger charge is 2.26. The first-order valence-corrected chi connectivity index (χ1v) is 10.1. The summed E-state index contributed by atoms with van der Waals surface area (Å²) in [5.41, 5.74) is 0.984. The van der Waals surface area contributed by atoms with Crippen molar-refractivity contribution in [3.05, 3.63) is 53.4 Å². The Balaban J connectivity index is 1.37. The molecule has 7 heteroatoms. The van der Waals surface area contributed by atoms with Crippen LogP contribution in [0, 0.1) is 0 Å². The van der Waals surface area contributed by atoms with Crippen LogP contribution in [-0.2, 0) is 6.54 Å². The highest BCUT2D eigenvalue weighted by molar-refractivity contribution is 7.18. The zero-order valence-electron chi connectivity index (χ0n) is 15.4.